The third-order valence-electron chi connectivity index (χ3n) is 1.94. The first-order valence-corrected chi connectivity index (χ1v) is 5.29. The van der Waals surface area contributed by atoms with Crippen molar-refractivity contribution in [2.24, 2.45) is 5.41 Å². The van der Waals surface area contributed by atoms with Crippen LogP contribution in [0.2, 0.25) is 0 Å². The highest BCUT2D eigenvalue weighted by Crippen LogP contribution is 2.41. The zero-order valence-corrected chi connectivity index (χ0v) is 7.04. The summed E-state index contributed by atoms with van der Waals surface area (Å²) in [5, 5.41) is 8.64. The summed E-state index contributed by atoms with van der Waals surface area (Å²) < 4.78 is 10.5. The minimum Gasteiger partial charge on any atom is -0.243 e. The van der Waals surface area contributed by atoms with Gasteiger partial charge >= 0.3 is 0 Å². The van der Waals surface area contributed by atoms with Crippen LogP contribution in [0.15, 0.2) is 0 Å². The van der Waals surface area contributed by atoms with Gasteiger partial charge in [0, 0.05) is 0 Å². The fraction of sp³-hybridized carbons (Fsp3) is 0.833. The van der Waals surface area contributed by atoms with Gasteiger partial charge in [-0.05, 0) is 23.5 Å². The van der Waals surface area contributed by atoms with Gasteiger partial charge in [0.15, 0.2) is 0 Å². The van der Waals surface area contributed by atoms with Crippen molar-refractivity contribution in [2.45, 2.75) is 19.3 Å². The predicted molar refractivity (Wildman–Crippen MR) is 40.8 cm³/mol. The highest BCUT2D eigenvalue weighted by molar-refractivity contribution is 8.08. The molecule has 1 atom stereocenters. The van der Waals surface area contributed by atoms with E-state index in [1.807, 2.05) is 0 Å². The zero-order chi connectivity index (χ0) is 7.61. The van der Waals surface area contributed by atoms with Crippen molar-refractivity contribution in [2.75, 3.05) is 5.75 Å². The maximum atomic E-state index is 10.5. The number of nitrogens with zero attached hydrogens (tertiary/aromatic N) is 1. The Morgan fingerprint density at radius 1 is 1.70 bits per heavy atom. The summed E-state index contributed by atoms with van der Waals surface area (Å²) >= 11 is 0. The van der Waals surface area contributed by atoms with Gasteiger partial charge in [-0.2, -0.15) is 5.26 Å². The summed E-state index contributed by atoms with van der Waals surface area (Å²) in [5.74, 6) is 0.338. The number of nitriles is 1. The molecule has 0 aromatic rings. The summed E-state index contributed by atoms with van der Waals surface area (Å²) in [7, 11) is 3.94. The Balaban J connectivity index is 2.51. The van der Waals surface area contributed by atoms with Gasteiger partial charge in [0.2, 0.25) is 0 Å². The standard InChI is InChI=1S/C6H8ClNOS/c7-10(9)5-6(4-8)2-1-3-6/h1-3,5H2. The molecule has 4 heteroatoms. The first kappa shape index (κ1) is 8.03. The number of rotatable bonds is 2. The average molecular weight is 178 g/mol. The quantitative estimate of drug-likeness (QED) is 0.601. The van der Waals surface area contributed by atoms with Crippen LogP contribution in [-0.2, 0) is 10.0 Å². The van der Waals surface area contributed by atoms with E-state index < -0.39 is 10.0 Å². The predicted octanol–water partition coefficient (Wildman–Crippen LogP) is 1.58. The molecule has 0 saturated heterocycles. The summed E-state index contributed by atoms with van der Waals surface area (Å²) in [6, 6.07) is 2.17. The maximum absolute atomic E-state index is 10.5. The number of halogens is 1. The summed E-state index contributed by atoms with van der Waals surface area (Å²) in [6.07, 6.45) is 2.80. The largest absolute Gasteiger partial charge is 0.243 e. The van der Waals surface area contributed by atoms with Crippen LogP contribution in [0.25, 0.3) is 0 Å². The molecule has 0 heterocycles. The molecule has 1 fully saturated rings. The van der Waals surface area contributed by atoms with E-state index in [2.05, 4.69) is 6.07 Å². The Labute approximate surface area is 67.1 Å². The molecule has 1 saturated carbocycles. The zero-order valence-electron chi connectivity index (χ0n) is 5.47. The van der Waals surface area contributed by atoms with Crippen molar-refractivity contribution in [1.29, 1.82) is 5.26 Å². The van der Waals surface area contributed by atoms with Crippen LogP contribution >= 0.6 is 10.7 Å². The lowest BCUT2D eigenvalue weighted by atomic mass is 9.72. The average Bonchev–Trinajstić information content (AvgIpc) is 1.78. The molecule has 56 valence electrons. The molecular formula is C6H8ClNOS. The Morgan fingerprint density at radius 3 is 2.40 bits per heavy atom. The van der Waals surface area contributed by atoms with E-state index in [0.717, 1.165) is 19.3 Å². The Hall–Kier alpha value is -0.0700. The molecule has 0 N–H and O–H groups in total. The minimum atomic E-state index is -1.33. The molecule has 1 aliphatic carbocycles. The second-order valence-corrected chi connectivity index (χ2v) is 4.58. The maximum Gasteiger partial charge on any atom is 0.116 e. The van der Waals surface area contributed by atoms with Gasteiger partial charge in [0.1, 0.15) is 10.0 Å². The van der Waals surface area contributed by atoms with Gasteiger partial charge in [0.05, 0.1) is 17.2 Å². The molecule has 0 aliphatic heterocycles. The molecule has 2 nitrogen and oxygen atoms in total. The summed E-state index contributed by atoms with van der Waals surface area (Å²) in [5.41, 5.74) is -0.341. The fourth-order valence-corrected chi connectivity index (χ4v) is 2.52. The van der Waals surface area contributed by atoms with E-state index >= 15 is 0 Å². The van der Waals surface area contributed by atoms with Gasteiger partial charge in [-0.3, -0.25) is 0 Å². The van der Waals surface area contributed by atoms with E-state index in [4.69, 9.17) is 15.9 Å². The van der Waals surface area contributed by atoms with Crippen LogP contribution in [-0.4, -0.2) is 9.96 Å². The summed E-state index contributed by atoms with van der Waals surface area (Å²) in [6.45, 7) is 0. The molecule has 1 rings (SSSR count). The van der Waals surface area contributed by atoms with E-state index in [1.54, 1.807) is 0 Å². The molecule has 0 aromatic heterocycles. The second-order valence-electron chi connectivity index (χ2n) is 2.68. The summed E-state index contributed by atoms with van der Waals surface area (Å²) in [4.78, 5) is 0. The monoisotopic (exact) mass is 177 g/mol. The van der Waals surface area contributed by atoms with Gasteiger partial charge < -0.3 is 0 Å². The minimum absolute atomic E-state index is 0.338. The molecule has 1 unspecified atom stereocenters. The molecule has 1 aliphatic rings. The van der Waals surface area contributed by atoms with Crippen LogP contribution in [0, 0.1) is 16.7 Å². The van der Waals surface area contributed by atoms with Crippen molar-refractivity contribution >= 4 is 20.7 Å². The van der Waals surface area contributed by atoms with Crippen LogP contribution < -0.4 is 0 Å². The Morgan fingerprint density at radius 2 is 2.30 bits per heavy atom. The van der Waals surface area contributed by atoms with E-state index in [9.17, 15) is 4.21 Å². The van der Waals surface area contributed by atoms with E-state index in [0.29, 0.717) is 5.75 Å². The highest BCUT2D eigenvalue weighted by Gasteiger charge is 2.38. The van der Waals surface area contributed by atoms with Gasteiger partial charge in [-0.25, -0.2) is 4.21 Å². The topological polar surface area (TPSA) is 40.9 Å². The van der Waals surface area contributed by atoms with E-state index in [1.165, 1.54) is 0 Å². The van der Waals surface area contributed by atoms with Gasteiger partial charge in [-0.15, -0.1) is 0 Å². The molecule has 0 spiro atoms. The van der Waals surface area contributed by atoms with Crippen LogP contribution in [0.4, 0.5) is 0 Å². The highest BCUT2D eigenvalue weighted by atomic mass is 35.7. The van der Waals surface area contributed by atoms with E-state index in [-0.39, 0.29) is 5.41 Å². The Kier molecular flexibility index (Phi) is 2.32. The van der Waals surface area contributed by atoms with Gasteiger partial charge in [0.25, 0.3) is 0 Å². The van der Waals surface area contributed by atoms with Crippen LogP contribution in [0.1, 0.15) is 19.3 Å². The van der Waals surface area contributed by atoms with Gasteiger partial charge in [-0.1, -0.05) is 6.42 Å². The first-order chi connectivity index (χ1) is 4.68. The second kappa shape index (κ2) is 2.89. The smallest absolute Gasteiger partial charge is 0.116 e. The number of hydrogen-bond acceptors (Lipinski definition) is 2. The van der Waals surface area contributed by atoms with Crippen molar-refractivity contribution in [3.63, 3.8) is 0 Å². The lowest BCUT2D eigenvalue weighted by Gasteiger charge is -2.33. The lowest BCUT2D eigenvalue weighted by molar-refractivity contribution is 0.250. The van der Waals surface area contributed by atoms with Crippen molar-refractivity contribution in [3.05, 3.63) is 0 Å². The molecule has 0 aromatic carbocycles. The molecule has 10 heavy (non-hydrogen) atoms. The lowest BCUT2D eigenvalue weighted by Crippen LogP contribution is -2.32. The Bertz CT molecular complexity index is 194. The van der Waals surface area contributed by atoms with Crippen molar-refractivity contribution < 1.29 is 4.21 Å². The van der Waals surface area contributed by atoms with Crippen molar-refractivity contribution in [1.82, 2.24) is 0 Å². The fourth-order valence-electron chi connectivity index (χ4n) is 1.11. The van der Waals surface area contributed by atoms with Crippen LogP contribution in [0.5, 0.6) is 0 Å². The third kappa shape index (κ3) is 1.50. The normalized spacial score (nSPS) is 24.4. The first-order valence-electron chi connectivity index (χ1n) is 3.14. The van der Waals surface area contributed by atoms with Crippen LogP contribution in [0.3, 0.4) is 0 Å². The molecule has 0 amide bonds. The molecule has 0 radical (unpaired) electrons. The molecule has 0 bridgehead atoms. The number of hydrogen-bond donors (Lipinski definition) is 0. The van der Waals surface area contributed by atoms with Crippen molar-refractivity contribution in [3.8, 4) is 6.07 Å². The SMILES string of the molecule is N#CC1(CS(=O)Cl)CCC1. The third-order valence-corrected chi connectivity index (χ3v) is 3.04. The molecular weight excluding hydrogens is 170 g/mol.